The van der Waals surface area contributed by atoms with Crippen LogP contribution in [0.3, 0.4) is 0 Å². The standard InChI is InChI=1S/C13H26N4O2S/c1-6-17-12(4)13(11(3)16-17)10(2)14-8-7-9-15-20(5,18)19/h10,14-15H,6-9H2,1-5H3. The lowest BCUT2D eigenvalue weighted by Gasteiger charge is -2.15. The van der Waals surface area contributed by atoms with Crippen LogP contribution in [0.2, 0.25) is 0 Å². The van der Waals surface area contributed by atoms with Gasteiger partial charge in [0.25, 0.3) is 0 Å². The lowest BCUT2D eigenvalue weighted by molar-refractivity contribution is 0.544. The third-order valence-corrected chi connectivity index (χ3v) is 4.07. The average molecular weight is 302 g/mol. The van der Waals surface area contributed by atoms with E-state index in [1.165, 1.54) is 17.5 Å². The van der Waals surface area contributed by atoms with Gasteiger partial charge >= 0.3 is 0 Å². The highest BCUT2D eigenvalue weighted by atomic mass is 32.2. The molecule has 1 rings (SSSR count). The maximum absolute atomic E-state index is 10.9. The van der Waals surface area contributed by atoms with Crippen LogP contribution >= 0.6 is 0 Å². The van der Waals surface area contributed by atoms with E-state index in [0.717, 1.165) is 25.2 Å². The topological polar surface area (TPSA) is 76.0 Å². The molecule has 2 N–H and O–H groups in total. The van der Waals surface area contributed by atoms with E-state index >= 15 is 0 Å². The molecule has 0 saturated carbocycles. The van der Waals surface area contributed by atoms with Gasteiger partial charge in [0.15, 0.2) is 0 Å². The number of nitrogens with one attached hydrogen (secondary N) is 2. The Hall–Kier alpha value is -0.920. The Morgan fingerprint density at radius 1 is 1.30 bits per heavy atom. The molecule has 1 unspecified atom stereocenters. The third kappa shape index (κ3) is 4.88. The summed E-state index contributed by atoms with van der Waals surface area (Å²) in [5, 5.41) is 7.93. The first-order chi connectivity index (χ1) is 9.26. The van der Waals surface area contributed by atoms with Gasteiger partial charge in [-0.05, 0) is 40.7 Å². The fraction of sp³-hybridized carbons (Fsp3) is 0.769. The Labute approximate surface area is 122 Å². The van der Waals surface area contributed by atoms with E-state index in [-0.39, 0.29) is 6.04 Å². The molecule has 0 radical (unpaired) electrons. The summed E-state index contributed by atoms with van der Waals surface area (Å²) in [6.07, 6.45) is 1.94. The van der Waals surface area contributed by atoms with Crippen molar-refractivity contribution in [2.24, 2.45) is 0 Å². The molecule has 20 heavy (non-hydrogen) atoms. The Kier molecular flexibility index (Phi) is 6.16. The first kappa shape index (κ1) is 17.1. The van der Waals surface area contributed by atoms with Gasteiger partial charge < -0.3 is 5.32 Å². The van der Waals surface area contributed by atoms with Crippen LogP contribution in [0, 0.1) is 13.8 Å². The highest BCUT2D eigenvalue weighted by Crippen LogP contribution is 2.21. The van der Waals surface area contributed by atoms with Gasteiger partial charge in [0.2, 0.25) is 10.0 Å². The van der Waals surface area contributed by atoms with Crippen LogP contribution in [-0.4, -0.2) is 37.5 Å². The maximum Gasteiger partial charge on any atom is 0.208 e. The molecular weight excluding hydrogens is 276 g/mol. The van der Waals surface area contributed by atoms with Gasteiger partial charge in [-0.1, -0.05) is 0 Å². The summed E-state index contributed by atoms with van der Waals surface area (Å²) in [6.45, 7) is 10.4. The molecule has 7 heteroatoms. The highest BCUT2D eigenvalue weighted by molar-refractivity contribution is 7.88. The van der Waals surface area contributed by atoms with Crippen molar-refractivity contribution in [3.05, 3.63) is 17.0 Å². The van der Waals surface area contributed by atoms with E-state index in [4.69, 9.17) is 0 Å². The van der Waals surface area contributed by atoms with Crippen LogP contribution in [0.25, 0.3) is 0 Å². The van der Waals surface area contributed by atoms with Gasteiger partial charge in [-0.3, -0.25) is 4.68 Å². The van der Waals surface area contributed by atoms with Crippen molar-refractivity contribution in [2.75, 3.05) is 19.3 Å². The molecule has 0 amide bonds. The number of aryl methyl sites for hydroxylation is 2. The molecule has 0 bridgehead atoms. The minimum atomic E-state index is -3.08. The molecule has 0 aliphatic carbocycles. The summed E-state index contributed by atoms with van der Waals surface area (Å²) in [5.41, 5.74) is 3.49. The van der Waals surface area contributed by atoms with Gasteiger partial charge in [0.05, 0.1) is 11.9 Å². The number of aromatic nitrogens is 2. The fourth-order valence-electron chi connectivity index (χ4n) is 2.41. The fourth-order valence-corrected chi connectivity index (χ4v) is 2.93. The largest absolute Gasteiger partial charge is 0.310 e. The van der Waals surface area contributed by atoms with Gasteiger partial charge in [-0.25, -0.2) is 13.1 Å². The van der Waals surface area contributed by atoms with Gasteiger partial charge in [-0.2, -0.15) is 5.10 Å². The Morgan fingerprint density at radius 3 is 2.45 bits per heavy atom. The average Bonchev–Trinajstić information content (AvgIpc) is 2.62. The maximum atomic E-state index is 10.9. The summed E-state index contributed by atoms with van der Waals surface area (Å²) in [4.78, 5) is 0. The van der Waals surface area contributed by atoms with Crippen molar-refractivity contribution in [3.8, 4) is 0 Å². The Bertz CT molecular complexity index is 537. The SMILES string of the molecule is CCn1nc(C)c(C(C)NCCCNS(C)(=O)=O)c1C. The second-order valence-electron chi connectivity index (χ2n) is 5.10. The molecule has 1 atom stereocenters. The van der Waals surface area contributed by atoms with Crippen molar-refractivity contribution >= 4 is 10.0 Å². The summed E-state index contributed by atoms with van der Waals surface area (Å²) in [6, 6.07) is 0.216. The zero-order valence-corrected chi connectivity index (χ0v) is 13.8. The second kappa shape index (κ2) is 7.19. The van der Waals surface area contributed by atoms with Crippen LogP contribution in [0.5, 0.6) is 0 Å². The molecule has 1 aromatic rings. The van der Waals surface area contributed by atoms with Crippen molar-refractivity contribution in [1.82, 2.24) is 19.8 Å². The second-order valence-corrected chi connectivity index (χ2v) is 6.93. The van der Waals surface area contributed by atoms with Crippen LogP contribution in [0.4, 0.5) is 0 Å². The quantitative estimate of drug-likeness (QED) is 0.705. The molecule has 0 saturated heterocycles. The zero-order chi connectivity index (χ0) is 15.3. The highest BCUT2D eigenvalue weighted by Gasteiger charge is 2.16. The molecule has 0 spiro atoms. The number of nitrogens with zero attached hydrogens (tertiary/aromatic N) is 2. The lowest BCUT2D eigenvalue weighted by Crippen LogP contribution is -2.27. The minimum absolute atomic E-state index is 0.216. The van der Waals surface area contributed by atoms with Crippen molar-refractivity contribution < 1.29 is 8.42 Å². The van der Waals surface area contributed by atoms with Crippen LogP contribution in [0.1, 0.15) is 43.3 Å². The molecule has 0 aliphatic rings. The normalized spacial score (nSPS) is 13.7. The first-order valence-electron chi connectivity index (χ1n) is 6.98. The van der Waals surface area contributed by atoms with Crippen molar-refractivity contribution in [2.45, 2.75) is 46.7 Å². The zero-order valence-electron chi connectivity index (χ0n) is 13.0. The smallest absolute Gasteiger partial charge is 0.208 e. The first-order valence-corrected chi connectivity index (χ1v) is 8.87. The molecule has 0 aliphatic heterocycles. The van der Waals surface area contributed by atoms with E-state index in [2.05, 4.69) is 35.9 Å². The number of hydrogen-bond donors (Lipinski definition) is 2. The van der Waals surface area contributed by atoms with Crippen molar-refractivity contribution in [1.29, 1.82) is 0 Å². The van der Waals surface area contributed by atoms with E-state index in [9.17, 15) is 8.42 Å². The van der Waals surface area contributed by atoms with Crippen LogP contribution < -0.4 is 10.0 Å². The molecule has 0 fully saturated rings. The van der Waals surface area contributed by atoms with E-state index in [1.807, 2.05) is 11.6 Å². The molecule has 116 valence electrons. The van der Waals surface area contributed by atoms with Gasteiger partial charge in [0, 0.05) is 30.4 Å². The third-order valence-electron chi connectivity index (χ3n) is 3.34. The molecule has 1 heterocycles. The van der Waals surface area contributed by atoms with Crippen LogP contribution in [0.15, 0.2) is 0 Å². The molecular formula is C13H26N4O2S. The van der Waals surface area contributed by atoms with E-state index in [1.54, 1.807) is 0 Å². The summed E-state index contributed by atoms with van der Waals surface area (Å²) < 4.78 is 26.4. The van der Waals surface area contributed by atoms with Crippen molar-refractivity contribution in [3.63, 3.8) is 0 Å². The predicted octanol–water partition coefficient (Wildman–Crippen LogP) is 1.11. The van der Waals surface area contributed by atoms with Crippen LogP contribution in [-0.2, 0) is 16.6 Å². The molecule has 1 aromatic heterocycles. The number of hydrogen-bond acceptors (Lipinski definition) is 4. The molecule has 6 nitrogen and oxygen atoms in total. The summed E-state index contributed by atoms with van der Waals surface area (Å²) in [5.74, 6) is 0. The minimum Gasteiger partial charge on any atom is -0.310 e. The summed E-state index contributed by atoms with van der Waals surface area (Å²) in [7, 11) is -3.08. The lowest BCUT2D eigenvalue weighted by atomic mass is 10.1. The Morgan fingerprint density at radius 2 is 1.95 bits per heavy atom. The Balaban J connectivity index is 2.47. The monoisotopic (exact) mass is 302 g/mol. The summed E-state index contributed by atoms with van der Waals surface area (Å²) >= 11 is 0. The predicted molar refractivity (Wildman–Crippen MR) is 81.3 cm³/mol. The number of rotatable bonds is 8. The van der Waals surface area contributed by atoms with Gasteiger partial charge in [-0.15, -0.1) is 0 Å². The van der Waals surface area contributed by atoms with E-state index < -0.39 is 10.0 Å². The van der Waals surface area contributed by atoms with E-state index in [0.29, 0.717) is 6.54 Å². The van der Waals surface area contributed by atoms with Gasteiger partial charge in [0.1, 0.15) is 0 Å². The molecule has 0 aromatic carbocycles. The number of sulfonamides is 1.